The second kappa shape index (κ2) is 5.36. The summed E-state index contributed by atoms with van der Waals surface area (Å²) in [6, 6.07) is 7.04. The molecule has 1 aliphatic heterocycles. The van der Waals surface area contributed by atoms with Crippen LogP contribution in [0.1, 0.15) is 5.82 Å². The summed E-state index contributed by atoms with van der Waals surface area (Å²) >= 11 is 0. The smallest absolute Gasteiger partial charge is 0.228 e. The molecule has 0 unspecified atom stereocenters. The minimum absolute atomic E-state index is 0.376. The number of anilines is 1. The van der Waals surface area contributed by atoms with Gasteiger partial charge < -0.3 is 20.3 Å². The van der Waals surface area contributed by atoms with Gasteiger partial charge in [0.1, 0.15) is 24.7 Å². The van der Waals surface area contributed by atoms with Gasteiger partial charge in [0.15, 0.2) is 0 Å². The van der Waals surface area contributed by atoms with Gasteiger partial charge in [-0.3, -0.25) is 0 Å². The molecule has 21 heavy (non-hydrogen) atoms. The van der Waals surface area contributed by atoms with E-state index in [0.717, 1.165) is 0 Å². The van der Waals surface area contributed by atoms with E-state index in [-0.39, 0.29) is 0 Å². The average molecular weight is 287 g/mol. The predicted molar refractivity (Wildman–Crippen MR) is 80.1 cm³/mol. The van der Waals surface area contributed by atoms with Gasteiger partial charge >= 0.3 is 0 Å². The zero-order valence-electron chi connectivity index (χ0n) is 11.8. The highest BCUT2D eigenvalue weighted by Gasteiger charge is 2.25. The minimum Gasteiger partial charge on any atom is -0.626 e. The molecule has 0 radical (unpaired) electrons. The maximum Gasteiger partial charge on any atom is 0.228 e. The molecule has 0 bridgehead atoms. The molecule has 1 saturated heterocycles. The van der Waals surface area contributed by atoms with E-state index in [9.17, 15) is 5.21 Å². The van der Waals surface area contributed by atoms with Gasteiger partial charge in [0.05, 0.1) is 24.6 Å². The Bertz CT molecular complexity index is 635. The van der Waals surface area contributed by atoms with Crippen LogP contribution in [0.2, 0.25) is 0 Å². The molecule has 1 fully saturated rings. The number of hydrogen-bond acceptors (Lipinski definition) is 6. The molecular weight excluding hydrogens is 270 g/mol. The highest BCUT2D eigenvalue weighted by molar-refractivity contribution is 5.60. The number of rotatable bonds is 2. The molecule has 7 heteroatoms. The lowest BCUT2D eigenvalue weighted by molar-refractivity contribution is 0.0602. The van der Waals surface area contributed by atoms with Crippen molar-refractivity contribution < 1.29 is 4.74 Å². The molecule has 2 N–H and O–H groups in total. The summed E-state index contributed by atoms with van der Waals surface area (Å²) < 4.78 is 4.79. The Morgan fingerprint density at radius 1 is 1.14 bits per heavy atom. The lowest BCUT2D eigenvalue weighted by atomic mass is 10.2. The number of hydrogen-bond donors (Lipinski definition) is 1. The molecule has 0 atom stereocenters. The lowest BCUT2D eigenvalue weighted by Crippen LogP contribution is -2.52. The van der Waals surface area contributed by atoms with Gasteiger partial charge in [0, 0.05) is 12.1 Å². The molecule has 0 spiro atoms. The topological polar surface area (TPSA) is 97.0 Å². The number of pyridine rings is 1. The van der Waals surface area contributed by atoms with Crippen LogP contribution < -0.4 is 10.4 Å². The SMILES string of the molecule is Cc1nc(N)cc(-c2cccc([N+]3([O-])CCOCC3)n2)n1. The van der Waals surface area contributed by atoms with E-state index in [1.165, 1.54) is 0 Å². The Kier molecular flexibility index (Phi) is 3.54. The molecule has 7 nitrogen and oxygen atoms in total. The van der Waals surface area contributed by atoms with Crippen LogP contribution in [0.25, 0.3) is 11.4 Å². The number of nitrogens with two attached hydrogens (primary N) is 1. The first-order chi connectivity index (χ1) is 10.1. The quantitative estimate of drug-likeness (QED) is 0.660. The van der Waals surface area contributed by atoms with Gasteiger partial charge in [0.2, 0.25) is 5.82 Å². The first-order valence-electron chi connectivity index (χ1n) is 6.82. The number of quaternary nitrogens is 1. The number of aryl methyl sites for hydroxylation is 1. The van der Waals surface area contributed by atoms with Gasteiger partial charge in [-0.05, 0) is 13.0 Å². The second-order valence-corrected chi connectivity index (χ2v) is 5.06. The summed E-state index contributed by atoms with van der Waals surface area (Å²) in [5.74, 6) is 1.45. The highest BCUT2D eigenvalue weighted by Crippen LogP contribution is 2.25. The largest absolute Gasteiger partial charge is 0.626 e. The van der Waals surface area contributed by atoms with Gasteiger partial charge in [-0.15, -0.1) is 0 Å². The van der Waals surface area contributed by atoms with Crippen LogP contribution >= 0.6 is 0 Å². The molecule has 0 aliphatic carbocycles. The summed E-state index contributed by atoms with van der Waals surface area (Å²) in [5, 5.41) is 12.8. The Morgan fingerprint density at radius 3 is 2.62 bits per heavy atom. The fourth-order valence-corrected chi connectivity index (χ4v) is 2.38. The third-order valence-corrected chi connectivity index (χ3v) is 3.47. The minimum atomic E-state index is -0.465. The summed E-state index contributed by atoms with van der Waals surface area (Å²) in [4.78, 5) is 12.8. The molecule has 2 aromatic heterocycles. The standard InChI is InChI=1S/C14H17N5O2/c1-10-16-12(9-13(15)17-10)11-3-2-4-14(18-11)19(20)5-7-21-8-6-19/h2-4,9H,5-8H2,1H3,(H2,15,16,17). The number of aromatic nitrogens is 3. The fourth-order valence-electron chi connectivity index (χ4n) is 2.38. The van der Waals surface area contributed by atoms with Crippen molar-refractivity contribution in [2.24, 2.45) is 0 Å². The molecule has 0 aromatic carbocycles. The molecule has 110 valence electrons. The molecule has 0 saturated carbocycles. The van der Waals surface area contributed by atoms with E-state index in [2.05, 4.69) is 15.0 Å². The van der Waals surface area contributed by atoms with Crippen molar-refractivity contribution in [1.29, 1.82) is 0 Å². The van der Waals surface area contributed by atoms with Gasteiger partial charge in [-0.25, -0.2) is 9.97 Å². The Hall–Kier alpha value is -2.09. The maximum atomic E-state index is 12.8. The van der Waals surface area contributed by atoms with Crippen LogP contribution in [0.15, 0.2) is 24.3 Å². The van der Waals surface area contributed by atoms with Crippen molar-refractivity contribution in [2.75, 3.05) is 32.0 Å². The Balaban J connectivity index is 1.99. The predicted octanol–water partition coefficient (Wildman–Crippen LogP) is 1.26. The van der Waals surface area contributed by atoms with Crippen molar-refractivity contribution in [1.82, 2.24) is 19.6 Å². The number of nitrogen functional groups attached to an aromatic ring is 1. The molecule has 1 aliphatic rings. The summed E-state index contributed by atoms with van der Waals surface area (Å²) in [6.07, 6.45) is 0. The van der Waals surface area contributed by atoms with E-state index in [4.69, 9.17) is 10.5 Å². The molecule has 3 heterocycles. The number of hydroxylamine groups is 2. The summed E-state index contributed by atoms with van der Waals surface area (Å²) in [6.45, 7) is 3.43. The highest BCUT2D eigenvalue weighted by atomic mass is 16.6. The number of nitrogens with zero attached hydrogens (tertiary/aromatic N) is 4. The molecule has 0 amide bonds. The van der Waals surface area contributed by atoms with E-state index in [1.807, 2.05) is 12.1 Å². The molecule has 2 aromatic rings. The van der Waals surface area contributed by atoms with E-state index in [0.29, 0.717) is 55.2 Å². The van der Waals surface area contributed by atoms with E-state index < -0.39 is 4.65 Å². The van der Waals surface area contributed by atoms with Crippen LogP contribution in [0.5, 0.6) is 0 Å². The van der Waals surface area contributed by atoms with Crippen molar-refractivity contribution in [3.63, 3.8) is 0 Å². The van der Waals surface area contributed by atoms with Crippen molar-refractivity contribution in [3.8, 4) is 11.4 Å². The average Bonchev–Trinajstić information content (AvgIpc) is 2.47. The van der Waals surface area contributed by atoms with Crippen LogP contribution in [-0.4, -0.2) is 41.3 Å². The normalized spacial score (nSPS) is 17.6. The number of ether oxygens (including phenoxy) is 1. The summed E-state index contributed by atoms with van der Waals surface area (Å²) in [7, 11) is 0. The second-order valence-electron chi connectivity index (χ2n) is 5.06. The zero-order chi connectivity index (χ0) is 14.9. The van der Waals surface area contributed by atoms with Gasteiger partial charge in [-0.2, -0.15) is 4.98 Å². The number of morpholine rings is 1. The van der Waals surface area contributed by atoms with Crippen LogP contribution in [0.3, 0.4) is 0 Å². The van der Waals surface area contributed by atoms with Crippen molar-refractivity contribution in [2.45, 2.75) is 6.92 Å². The van der Waals surface area contributed by atoms with Crippen LogP contribution in [0.4, 0.5) is 11.6 Å². The molecular formula is C14H17N5O2. The third-order valence-electron chi connectivity index (χ3n) is 3.47. The maximum absolute atomic E-state index is 12.8. The van der Waals surface area contributed by atoms with E-state index in [1.54, 1.807) is 19.1 Å². The monoisotopic (exact) mass is 287 g/mol. The van der Waals surface area contributed by atoms with Crippen molar-refractivity contribution in [3.05, 3.63) is 35.3 Å². The lowest BCUT2D eigenvalue weighted by Gasteiger charge is -2.43. The first-order valence-corrected chi connectivity index (χ1v) is 6.82. The van der Waals surface area contributed by atoms with Crippen LogP contribution in [-0.2, 0) is 4.74 Å². The fraction of sp³-hybridized carbons (Fsp3) is 0.357. The Labute approximate surface area is 122 Å². The van der Waals surface area contributed by atoms with Gasteiger partial charge in [-0.1, -0.05) is 6.07 Å². The zero-order valence-corrected chi connectivity index (χ0v) is 11.8. The summed E-state index contributed by atoms with van der Waals surface area (Å²) in [5.41, 5.74) is 7.00. The van der Waals surface area contributed by atoms with Gasteiger partial charge in [0.25, 0.3) is 0 Å². The molecule has 3 rings (SSSR count). The van der Waals surface area contributed by atoms with Crippen molar-refractivity contribution >= 4 is 11.6 Å². The first kappa shape index (κ1) is 13.9. The third kappa shape index (κ3) is 2.85. The van der Waals surface area contributed by atoms with E-state index >= 15 is 0 Å². The Morgan fingerprint density at radius 2 is 1.90 bits per heavy atom. The van der Waals surface area contributed by atoms with Crippen LogP contribution in [0, 0.1) is 12.1 Å².